The molecule has 1 amide bonds. The Kier molecular flexibility index (Phi) is 4.92. The van der Waals surface area contributed by atoms with E-state index in [4.69, 9.17) is 9.88 Å². The normalized spacial score (nSPS) is 11.2. The Labute approximate surface area is 129 Å². The molecule has 3 N–H and O–H groups in total. The van der Waals surface area contributed by atoms with Gasteiger partial charge in [-0.2, -0.15) is 0 Å². The van der Waals surface area contributed by atoms with Crippen molar-refractivity contribution in [1.82, 2.24) is 0 Å². The van der Waals surface area contributed by atoms with E-state index in [1.165, 1.54) is 24.3 Å². The van der Waals surface area contributed by atoms with Gasteiger partial charge in [-0.25, -0.2) is 13.6 Å². The first-order valence-electron chi connectivity index (χ1n) is 6.42. The van der Waals surface area contributed by atoms with Gasteiger partial charge in [-0.15, -0.1) is 0 Å². The molecule has 7 heteroatoms. The maximum absolute atomic E-state index is 12.1. The van der Waals surface area contributed by atoms with Crippen molar-refractivity contribution in [1.29, 1.82) is 0 Å². The van der Waals surface area contributed by atoms with Crippen LogP contribution in [0.25, 0.3) is 0 Å². The molecule has 2 aromatic rings. The Bertz CT molecular complexity index is 753. The number of carbonyl (C=O) groups is 1. The molecule has 2 rings (SSSR count). The number of sulfonamides is 1. The highest BCUT2D eigenvalue weighted by molar-refractivity contribution is 7.89. The molecule has 0 unspecified atom stereocenters. The molecule has 0 aliphatic carbocycles. The zero-order valence-electron chi connectivity index (χ0n) is 11.9. The van der Waals surface area contributed by atoms with Crippen LogP contribution in [0.1, 0.15) is 15.9 Å². The number of hydrogen-bond acceptors (Lipinski definition) is 4. The molecule has 116 valence electrons. The van der Waals surface area contributed by atoms with Gasteiger partial charge in [0.2, 0.25) is 10.0 Å². The number of anilines is 1. The zero-order chi connectivity index (χ0) is 16.2. The van der Waals surface area contributed by atoms with Gasteiger partial charge in [-0.05, 0) is 42.0 Å². The number of nitrogens with two attached hydrogens (primary N) is 1. The number of methoxy groups -OCH3 is 1. The number of amides is 1. The van der Waals surface area contributed by atoms with Gasteiger partial charge in [-0.3, -0.25) is 4.79 Å². The first-order chi connectivity index (χ1) is 10.4. The van der Waals surface area contributed by atoms with E-state index in [9.17, 15) is 13.2 Å². The first-order valence-corrected chi connectivity index (χ1v) is 7.97. The monoisotopic (exact) mass is 320 g/mol. The van der Waals surface area contributed by atoms with E-state index in [1.807, 2.05) is 12.1 Å². The minimum absolute atomic E-state index is 0.00517. The number of primary sulfonamides is 1. The average molecular weight is 320 g/mol. The summed E-state index contributed by atoms with van der Waals surface area (Å²) in [7, 11) is -2.13. The highest BCUT2D eigenvalue weighted by Crippen LogP contribution is 2.14. The van der Waals surface area contributed by atoms with Crippen molar-refractivity contribution in [3.05, 3.63) is 59.7 Å². The van der Waals surface area contributed by atoms with Crippen LogP contribution >= 0.6 is 0 Å². The molecule has 0 bridgehead atoms. The quantitative estimate of drug-likeness (QED) is 0.876. The smallest absolute Gasteiger partial charge is 0.255 e. The standard InChI is InChI=1S/C15H16N2O4S/c1-21-10-11-2-4-12(5-3-11)15(18)17-13-6-8-14(9-7-13)22(16,19)20/h2-9H,10H2,1H3,(H,17,18)(H2,16,19,20). The molecule has 22 heavy (non-hydrogen) atoms. The van der Waals surface area contributed by atoms with Crippen LogP contribution in [0.15, 0.2) is 53.4 Å². The summed E-state index contributed by atoms with van der Waals surface area (Å²) in [5.41, 5.74) is 1.95. The predicted octanol–water partition coefficient (Wildman–Crippen LogP) is 1.73. The SMILES string of the molecule is COCc1ccc(C(=O)Nc2ccc(S(N)(=O)=O)cc2)cc1. The van der Waals surface area contributed by atoms with Crippen LogP contribution < -0.4 is 10.5 Å². The molecule has 0 atom stereocenters. The fourth-order valence-corrected chi connectivity index (χ4v) is 2.37. The third kappa shape index (κ3) is 4.14. The van der Waals surface area contributed by atoms with E-state index >= 15 is 0 Å². The van der Waals surface area contributed by atoms with Gasteiger partial charge in [0.15, 0.2) is 0 Å². The molecule has 0 aliphatic heterocycles. The molecule has 0 aromatic heterocycles. The lowest BCUT2D eigenvalue weighted by atomic mass is 10.1. The summed E-state index contributed by atoms with van der Waals surface area (Å²) in [5, 5.41) is 7.70. The maximum Gasteiger partial charge on any atom is 0.255 e. The Morgan fingerprint density at radius 3 is 2.18 bits per heavy atom. The number of carbonyl (C=O) groups excluding carboxylic acids is 1. The van der Waals surface area contributed by atoms with E-state index in [1.54, 1.807) is 19.2 Å². The Morgan fingerprint density at radius 2 is 1.68 bits per heavy atom. The summed E-state index contributed by atoms with van der Waals surface area (Å²) in [6, 6.07) is 12.7. The summed E-state index contributed by atoms with van der Waals surface area (Å²) in [6.07, 6.45) is 0. The summed E-state index contributed by atoms with van der Waals surface area (Å²) in [4.78, 5) is 12.1. The van der Waals surface area contributed by atoms with Crippen molar-refractivity contribution in [2.75, 3.05) is 12.4 Å². The van der Waals surface area contributed by atoms with E-state index in [0.717, 1.165) is 5.56 Å². The second kappa shape index (κ2) is 6.69. The second-order valence-corrected chi connectivity index (χ2v) is 6.21. The van der Waals surface area contributed by atoms with Crippen molar-refractivity contribution in [3.63, 3.8) is 0 Å². The highest BCUT2D eigenvalue weighted by Gasteiger charge is 2.09. The van der Waals surface area contributed by atoms with Gasteiger partial charge in [-0.1, -0.05) is 12.1 Å². The van der Waals surface area contributed by atoms with E-state index < -0.39 is 10.0 Å². The molecule has 2 aromatic carbocycles. The Morgan fingerprint density at radius 1 is 1.09 bits per heavy atom. The Balaban J connectivity index is 2.08. The minimum Gasteiger partial charge on any atom is -0.380 e. The third-order valence-electron chi connectivity index (χ3n) is 2.97. The summed E-state index contributed by atoms with van der Waals surface area (Å²) in [5.74, 6) is -0.285. The van der Waals surface area contributed by atoms with E-state index in [0.29, 0.717) is 17.9 Å². The van der Waals surface area contributed by atoms with Gasteiger partial charge in [0.05, 0.1) is 11.5 Å². The number of nitrogens with one attached hydrogen (secondary N) is 1. The molecule has 0 heterocycles. The molecule has 0 saturated carbocycles. The molecule has 0 radical (unpaired) electrons. The van der Waals surface area contributed by atoms with Crippen LogP contribution in [-0.2, 0) is 21.4 Å². The van der Waals surface area contributed by atoms with E-state index in [-0.39, 0.29) is 10.8 Å². The molecule has 0 fully saturated rings. The minimum atomic E-state index is -3.74. The Hall–Kier alpha value is -2.22. The third-order valence-corrected chi connectivity index (χ3v) is 3.90. The van der Waals surface area contributed by atoms with Gasteiger partial charge < -0.3 is 10.1 Å². The van der Waals surface area contributed by atoms with Crippen molar-refractivity contribution in [2.24, 2.45) is 5.14 Å². The largest absolute Gasteiger partial charge is 0.380 e. The number of ether oxygens (including phenoxy) is 1. The van der Waals surface area contributed by atoms with Crippen LogP contribution in [0.3, 0.4) is 0 Å². The zero-order valence-corrected chi connectivity index (χ0v) is 12.8. The van der Waals surface area contributed by atoms with Crippen molar-refractivity contribution in [2.45, 2.75) is 11.5 Å². The molecular formula is C15H16N2O4S. The summed E-state index contributed by atoms with van der Waals surface area (Å²) in [6.45, 7) is 0.483. The van der Waals surface area contributed by atoms with Crippen LogP contribution in [0.4, 0.5) is 5.69 Å². The lowest BCUT2D eigenvalue weighted by molar-refractivity contribution is 0.102. The first kappa shape index (κ1) is 16.2. The second-order valence-electron chi connectivity index (χ2n) is 4.65. The molecule has 0 spiro atoms. The molecule has 0 saturated heterocycles. The van der Waals surface area contributed by atoms with Gasteiger partial charge >= 0.3 is 0 Å². The summed E-state index contributed by atoms with van der Waals surface area (Å²) < 4.78 is 27.3. The van der Waals surface area contributed by atoms with Crippen LogP contribution in [-0.4, -0.2) is 21.4 Å². The topological polar surface area (TPSA) is 98.5 Å². The fraction of sp³-hybridized carbons (Fsp3) is 0.133. The van der Waals surface area contributed by atoms with Crippen LogP contribution in [0.2, 0.25) is 0 Å². The average Bonchev–Trinajstić information content (AvgIpc) is 2.48. The molecular weight excluding hydrogens is 304 g/mol. The van der Waals surface area contributed by atoms with E-state index in [2.05, 4.69) is 5.32 Å². The summed E-state index contributed by atoms with van der Waals surface area (Å²) >= 11 is 0. The van der Waals surface area contributed by atoms with Gasteiger partial charge in [0, 0.05) is 18.4 Å². The van der Waals surface area contributed by atoms with Gasteiger partial charge in [0.1, 0.15) is 0 Å². The fourth-order valence-electron chi connectivity index (χ4n) is 1.85. The molecule has 0 aliphatic rings. The lowest BCUT2D eigenvalue weighted by Crippen LogP contribution is -2.13. The highest BCUT2D eigenvalue weighted by atomic mass is 32.2. The van der Waals surface area contributed by atoms with Crippen molar-refractivity contribution in [3.8, 4) is 0 Å². The molecule has 6 nitrogen and oxygen atoms in total. The number of benzene rings is 2. The van der Waals surface area contributed by atoms with Crippen molar-refractivity contribution < 1.29 is 17.9 Å². The van der Waals surface area contributed by atoms with Crippen LogP contribution in [0.5, 0.6) is 0 Å². The number of hydrogen-bond donors (Lipinski definition) is 2. The maximum atomic E-state index is 12.1. The van der Waals surface area contributed by atoms with Gasteiger partial charge in [0.25, 0.3) is 5.91 Å². The van der Waals surface area contributed by atoms with Crippen molar-refractivity contribution >= 4 is 21.6 Å². The van der Waals surface area contributed by atoms with Crippen LogP contribution in [0, 0.1) is 0 Å². The number of rotatable bonds is 5. The predicted molar refractivity (Wildman–Crippen MR) is 82.9 cm³/mol. The lowest BCUT2D eigenvalue weighted by Gasteiger charge is -2.07.